The van der Waals surface area contributed by atoms with E-state index in [0.717, 1.165) is 25.3 Å². The van der Waals surface area contributed by atoms with E-state index in [4.69, 9.17) is 5.73 Å². The molecule has 0 spiro atoms. The van der Waals surface area contributed by atoms with E-state index in [1.54, 1.807) is 0 Å². The Balaban J connectivity index is 2.20. The van der Waals surface area contributed by atoms with Crippen LogP contribution < -0.4 is 5.73 Å². The van der Waals surface area contributed by atoms with Crippen LogP contribution in [0.25, 0.3) is 0 Å². The summed E-state index contributed by atoms with van der Waals surface area (Å²) in [6.07, 6.45) is 9.07. The van der Waals surface area contributed by atoms with Gasteiger partial charge < -0.3 is 10.6 Å². The number of hydrogen-bond acceptors (Lipinski definition) is 3. The van der Waals surface area contributed by atoms with Crippen LogP contribution in [0.2, 0.25) is 0 Å². The zero-order valence-corrected chi connectivity index (χ0v) is 7.90. The van der Waals surface area contributed by atoms with Gasteiger partial charge in [0.05, 0.1) is 12.4 Å². The molecule has 1 unspecified atom stereocenters. The van der Waals surface area contributed by atoms with Gasteiger partial charge in [-0.05, 0) is 13.0 Å². The van der Waals surface area contributed by atoms with Crippen molar-refractivity contribution in [3.63, 3.8) is 0 Å². The molecule has 0 saturated heterocycles. The van der Waals surface area contributed by atoms with E-state index in [2.05, 4.69) is 22.0 Å². The molecule has 0 aromatic heterocycles. The van der Waals surface area contributed by atoms with Gasteiger partial charge in [-0.2, -0.15) is 0 Å². The number of amidine groups is 1. The van der Waals surface area contributed by atoms with Gasteiger partial charge in [0, 0.05) is 13.0 Å². The lowest BCUT2D eigenvalue weighted by Gasteiger charge is -2.38. The van der Waals surface area contributed by atoms with Crippen LogP contribution >= 0.6 is 0 Å². The number of nitrogens with zero attached hydrogens (tertiary/aromatic N) is 2. The first-order valence-corrected chi connectivity index (χ1v) is 4.64. The van der Waals surface area contributed by atoms with Gasteiger partial charge in [-0.25, -0.2) is 0 Å². The molecule has 0 amide bonds. The second-order valence-electron chi connectivity index (χ2n) is 3.56. The molecule has 1 aliphatic carbocycles. The Bertz CT molecular complexity index is 291. The van der Waals surface area contributed by atoms with E-state index in [-0.39, 0.29) is 5.66 Å². The smallest absolute Gasteiger partial charge is 0.112 e. The fourth-order valence-corrected chi connectivity index (χ4v) is 1.89. The molecule has 0 radical (unpaired) electrons. The molecular formula is C10H15N3. The molecule has 1 heterocycles. The molecule has 0 saturated carbocycles. The molecule has 2 aliphatic rings. The molecule has 3 nitrogen and oxygen atoms in total. The lowest BCUT2D eigenvalue weighted by Crippen LogP contribution is -2.55. The van der Waals surface area contributed by atoms with E-state index in [9.17, 15) is 0 Å². The number of allylic oxidation sites excluding steroid dienone is 2. The van der Waals surface area contributed by atoms with Gasteiger partial charge in [-0.1, -0.05) is 18.2 Å². The summed E-state index contributed by atoms with van der Waals surface area (Å²) >= 11 is 0. The Morgan fingerprint density at radius 2 is 2.38 bits per heavy atom. The Hall–Kier alpha value is -1.09. The fourth-order valence-electron chi connectivity index (χ4n) is 1.89. The van der Waals surface area contributed by atoms with Crippen molar-refractivity contribution in [1.82, 2.24) is 4.90 Å². The normalized spacial score (nSPS) is 32.5. The summed E-state index contributed by atoms with van der Waals surface area (Å²) in [5.74, 6) is 1.06. The molecule has 2 rings (SSSR count). The quantitative estimate of drug-likeness (QED) is 0.646. The SMILES string of the molecule is CC1=NCCN1C1(N)C=CC=CC1. The van der Waals surface area contributed by atoms with Crippen LogP contribution in [-0.2, 0) is 0 Å². The Labute approximate surface area is 78.6 Å². The molecule has 70 valence electrons. The van der Waals surface area contributed by atoms with E-state index in [1.807, 2.05) is 19.1 Å². The van der Waals surface area contributed by atoms with Crippen molar-refractivity contribution >= 4 is 5.84 Å². The molecule has 2 N–H and O–H groups in total. The van der Waals surface area contributed by atoms with Crippen LogP contribution in [0.5, 0.6) is 0 Å². The minimum Gasteiger partial charge on any atom is -0.337 e. The van der Waals surface area contributed by atoms with E-state index >= 15 is 0 Å². The van der Waals surface area contributed by atoms with E-state index < -0.39 is 0 Å². The van der Waals surface area contributed by atoms with Gasteiger partial charge in [0.2, 0.25) is 0 Å². The molecular weight excluding hydrogens is 162 g/mol. The van der Waals surface area contributed by atoms with E-state index in [0.29, 0.717) is 0 Å². The first-order valence-electron chi connectivity index (χ1n) is 4.64. The maximum atomic E-state index is 6.26. The maximum absolute atomic E-state index is 6.26. The summed E-state index contributed by atoms with van der Waals surface area (Å²) in [5.41, 5.74) is 5.93. The molecule has 13 heavy (non-hydrogen) atoms. The number of rotatable bonds is 1. The van der Waals surface area contributed by atoms with Gasteiger partial charge in [0.25, 0.3) is 0 Å². The highest BCUT2D eigenvalue weighted by Gasteiger charge is 2.32. The van der Waals surface area contributed by atoms with Gasteiger partial charge in [-0.3, -0.25) is 4.99 Å². The van der Waals surface area contributed by atoms with Crippen LogP contribution in [0.15, 0.2) is 29.3 Å². The molecule has 1 atom stereocenters. The highest BCUT2D eigenvalue weighted by atomic mass is 15.3. The zero-order valence-electron chi connectivity index (χ0n) is 7.90. The summed E-state index contributed by atoms with van der Waals surface area (Å²) in [5, 5.41) is 0. The van der Waals surface area contributed by atoms with Crippen molar-refractivity contribution in [3.05, 3.63) is 24.3 Å². The molecule has 0 aromatic carbocycles. The van der Waals surface area contributed by atoms with Crippen molar-refractivity contribution < 1.29 is 0 Å². The van der Waals surface area contributed by atoms with Gasteiger partial charge >= 0.3 is 0 Å². The number of nitrogens with two attached hydrogens (primary N) is 1. The lowest BCUT2D eigenvalue weighted by atomic mass is 10.00. The van der Waals surface area contributed by atoms with Crippen molar-refractivity contribution in [1.29, 1.82) is 0 Å². The van der Waals surface area contributed by atoms with Crippen molar-refractivity contribution in [2.75, 3.05) is 13.1 Å². The predicted octanol–water partition coefficient (Wildman–Crippen LogP) is 0.892. The standard InChI is InChI=1S/C10H15N3/c1-9-12-7-8-13(9)10(11)5-3-2-4-6-10/h2-5H,6-8,11H2,1H3. The Kier molecular flexibility index (Phi) is 1.96. The van der Waals surface area contributed by atoms with E-state index in [1.165, 1.54) is 0 Å². The average Bonchev–Trinajstić information content (AvgIpc) is 2.53. The highest BCUT2D eigenvalue weighted by Crippen LogP contribution is 2.22. The lowest BCUT2D eigenvalue weighted by molar-refractivity contribution is 0.252. The Morgan fingerprint density at radius 3 is 2.92 bits per heavy atom. The number of hydrogen-bond donors (Lipinski definition) is 1. The monoisotopic (exact) mass is 177 g/mol. The molecule has 3 heteroatoms. The first-order chi connectivity index (χ1) is 6.22. The van der Waals surface area contributed by atoms with Crippen molar-refractivity contribution in [2.45, 2.75) is 19.0 Å². The third-order valence-corrected chi connectivity index (χ3v) is 2.63. The predicted molar refractivity (Wildman–Crippen MR) is 54.5 cm³/mol. The van der Waals surface area contributed by atoms with Gasteiger partial charge in [0.1, 0.15) is 5.66 Å². The van der Waals surface area contributed by atoms with Crippen LogP contribution in [0.3, 0.4) is 0 Å². The minimum absolute atomic E-state index is 0.334. The average molecular weight is 177 g/mol. The minimum atomic E-state index is -0.334. The van der Waals surface area contributed by atoms with Crippen LogP contribution in [-0.4, -0.2) is 29.5 Å². The van der Waals surface area contributed by atoms with Crippen LogP contribution in [0.1, 0.15) is 13.3 Å². The first kappa shape index (κ1) is 8.51. The summed E-state index contributed by atoms with van der Waals surface area (Å²) in [6.45, 7) is 3.84. The molecule has 0 bridgehead atoms. The van der Waals surface area contributed by atoms with Gasteiger partial charge in [0.15, 0.2) is 0 Å². The van der Waals surface area contributed by atoms with Crippen molar-refractivity contribution in [3.8, 4) is 0 Å². The van der Waals surface area contributed by atoms with Crippen molar-refractivity contribution in [2.24, 2.45) is 10.7 Å². The fraction of sp³-hybridized carbons (Fsp3) is 0.500. The Morgan fingerprint density at radius 1 is 1.54 bits per heavy atom. The summed E-state index contributed by atoms with van der Waals surface area (Å²) in [7, 11) is 0. The largest absolute Gasteiger partial charge is 0.337 e. The van der Waals surface area contributed by atoms with Crippen LogP contribution in [0.4, 0.5) is 0 Å². The zero-order chi connectivity index (χ0) is 9.31. The molecule has 0 fully saturated rings. The maximum Gasteiger partial charge on any atom is 0.112 e. The number of aliphatic imine (C=N–C) groups is 1. The summed E-state index contributed by atoms with van der Waals surface area (Å²) in [6, 6.07) is 0. The second kappa shape index (κ2) is 3.00. The molecule has 0 aromatic rings. The van der Waals surface area contributed by atoms with Gasteiger partial charge in [-0.15, -0.1) is 0 Å². The van der Waals surface area contributed by atoms with Crippen LogP contribution in [0, 0.1) is 0 Å². The summed E-state index contributed by atoms with van der Waals surface area (Å²) in [4.78, 5) is 6.52. The second-order valence-corrected chi connectivity index (χ2v) is 3.56. The molecule has 1 aliphatic heterocycles. The summed E-state index contributed by atoms with van der Waals surface area (Å²) < 4.78 is 0. The topological polar surface area (TPSA) is 41.6 Å². The third kappa shape index (κ3) is 1.40. The third-order valence-electron chi connectivity index (χ3n) is 2.63. The highest BCUT2D eigenvalue weighted by molar-refractivity contribution is 5.82.